The van der Waals surface area contributed by atoms with Gasteiger partial charge in [-0.3, -0.25) is 4.79 Å². The van der Waals surface area contributed by atoms with Crippen molar-refractivity contribution in [2.75, 3.05) is 26.6 Å². The Morgan fingerprint density at radius 3 is 2.44 bits per heavy atom. The van der Waals surface area contributed by atoms with E-state index in [0.29, 0.717) is 19.5 Å². The normalized spacial score (nSPS) is 16.8. The van der Waals surface area contributed by atoms with Gasteiger partial charge >= 0.3 is 13.1 Å². The van der Waals surface area contributed by atoms with Crippen LogP contribution in [-0.4, -0.2) is 71.5 Å². The van der Waals surface area contributed by atoms with E-state index >= 15 is 0 Å². The number of carbonyl (C=O) groups excluding carboxylic acids is 2. The van der Waals surface area contributed by atoms with Gasteiger partial charge in [0.25, 0.3) is 0 Å². The second-order valence-electron chi connectivity index (χ2n) is 6.90. The number of hydrogen-bond donors (Lipinski definition) is 3. The topological polar surface area (TPSA) is 93.1 Å². The predicted molar refractivity (Wildman–Crippen MR) is 98.9 cm³/mol. The summed E-state index contributed by atoms with van der Waals surface area (Å²) in [7, 11) is 0.207. The molecule has 0 bridgehead atoms. The van der Waals surface area contributed by atoms with Crippen molar-refractivity contribution in [2.24, 2.45) is 0 Å². The number of amides is 3. The zero-order valence-electron chi connectivity index (χ0n) is 15.7. The first-order chi connectivity index (χ1) is 12.0. The Hall–Kier alpha value is -1.28. The molecule has 1 aliphatic heterocycles. The third-order valence-electron chi connectivity index (χ3n) is 4.68. The molecule has 0 aromatic heterocycles. The summed E-state index contributed by atoms with van der Waals surface area (Å²) in [6.07, 6.45) is 9.60. The average Bonchev–Trinajstić information content (AvgIpc) is 3.07. The van der Waals surface area contributed by atoms with Gasteiger partial charge in [-0.15, -0.1) is 0 Å². The van der Waals surface area contributed by atoms with Gasteiger partial charge in [0.15, 0.2) is 0 Å². The molecule has 1 heterocycles. The smallest absolute Gasteiger partial charge is 0.426 e. The third-order valence-corrected chi connectivity index (χ3v) is 4.68. The molecule has 1 atom stereocenters. The van der Waals surface area contributed by atoms with E-state index in [1.165, 1.54) is 32.1 Å². The van der Waals surface area contributed by atoms with Crippen LogP contribution in [0.3, 0.4) is 0 Å². The second-order valence-corrected chi connectivity index (χ2v) is 6.90. The van der Waals surface area contributed by atoms with Gasteiger partial charge in [0.2, 0.25) is 5.91 Å². The fraction of sp³-hybridized carbons (Fsp3) is 0.882. The number of hydrogen-bond acceptors (Lipinski definition) is 4. The highest BCUT2D eigenvalue weighted by molar-refractivity contribution is 6.41. The van der Waals surface area contributed by atoms with Crippen LogP contribution in [0.15, 0.2) is 0 Å². The molecule has 1 aliphatic rings. The van der Waals surface area contributed by atoms with Crippen molar-refractivity contribution in [3.63, 3.8) is 0 Å². The average molecular weight is 355 g/mol. The largest absolute Gasteiger partial charge is 0.472 e. The van der Waals surface area contributed by atoms with E-state index in [9.17, 15) is 9.59 Å². The zero-order chi connectivity index (χ0) is 18.7. The molecule has 0 aromatic rings. The molecule has 8 heteroatoms. The van der Waals surface area contributed by atoms with Gasteiger partial charge in [-0.2, -0.15) is 0 Å². The maximum Gasteiger partial charge on any atom is 0.472 e. The minimum atomic E-state index is -1.57. The summed E-state index contributed by atoms with van der Waals surface area (Å²) in [5.74, 6) is -0.316. The van der Waals surface area contributed by atoms with Crippen LogP contribution in [0.5, 0.6) is 0 Å². The van der Waals surface area contributed by atoms with Gasteiger partial charge in [-0.1, -0.05) is 45.4 Å². The van der Waals surface area contributed by atoms with Crippen molar-refractivity contribution in [3.8, 4) is 0 Å². The highest BCUT2D eigenvalue weighted by atomic mass is 16.4. The first-order valence-electron chi connectivity index (χ1n) is 9.63. The summed E-state index contributed by atoms with van der Waals surface area (Å²) in [5, 5.41) is 20.2. The molecule has 0 aliphatic carbocycles. The van der Waals surface area contributed by atoms with E-state index in [2.05, 4.69) is 12.2 Å². The predicted octanol–water partition coefficient (Wildman–Crippen LogP) is 1.38. The van der Waals surface area contributed by atoms with Crippen molar-refractivity contribution < 1.29 is 19.6 Å². The van der Waals surface area contributed by atoms with Crippen LogP contribution in [0, 0.1) is 0 Å². The van der Waals surface area contributed by atoms with E-state index in [1.54, 1.807) is 16.8 Å². The van der Waals surface area contributed by atoms with Gasteiger partial charge in [0, 0.05) is 20.1 Å². The first-order valence-corrected chi connectivity index (χ1v) is 9.63. The minimum Gasteiger partial charge on any atom is -0.426 e. The molecule has 3 N–H and O–H groups in total. The molecule has 25 heavy (non-hydrogen) atoms. The minimum absolute atomic E-state index is 0.117. The zero-order valence-corrected chi connectivity index (χ0v) is 15.7. The van der Waals surface area contributed by atoms with Crippen LogP contribution in [0.1, 0.15) is 64.7 Å². The standard InChI is InChI=1S/C17H34BN3O4/c1-3-4-5-6-7-8-9-12-20(2)17(23)21-13-10-11-15(21)16(22)19-14-18(24)25/h15,24-25H,3-14H2,1-2H3,(H,19,22). The summed E-state index contributed by atoms with van der Waals surface area (Å²) in [6, 6.07) is -0.629. The molecular weight excluding hydrogens is 321 g/mol. The van der Waals surface area contributed by atoms with Crippen LogP contribution in [-0.2, 0) is 4.79 Å². The van der Waals surface area contributed by atoms with Crippen molar-refractivity contribution in [1.29, 1.82) is 0 Å². The Bertz CT molecular complexity index is 409. The lowest BCUT2D eigenvalue weighted by atomic mass is 9.92. The molecule has 1 saturated heterocycles. The SMILES string of the molecule is CCCCCCCCCN(C)C(=O)N1CCCC1C(=O)NCB(O)O. The summed E-state index contributed by atoms with van der Waals surface area (Å²) >= 11 is 0. The Balaban J connectivity index is 2.32. The molecule has 1 unspecified atom stereocenters. The molecule has 0 aromatic carbocycles. The van der Waals surface area contributed by atoms with Crippen molar-refractivity contribution >= 4 is 19.1 Å². The van der Waals surface area contributed by atoms with Crippen molar-refractivity contribution in [1.82, 2.24) is 15.1 Å². The van der Waals surface area contributed by atoms with Crippen LogP contribution in [0.4, 0.5) is 4.79 Å². The van der Waals surface area contributed by atoms with Gasteiger partial charge in [0.1, 0.15) is 6.04 Å². The lowest BCUT2D eigenvalue weighted by molar-refractivity contribution is -0.124. The van der Waals surface area contributed by atoms with Gasteiger partial charge < -0.3 is 25.2 Å². The van der Waals surface area contributed by atoms with Crippen molar-refractivity contribution in [2.45, 2.75) is 70.8 Å². The van der Waals surface area contributed by atoms with Gasteiger partial charge in [-0.25, -0.2) is 4.79 Å². The number of carbonyl (C=O) groups is 2. The number of unbranched alkanes of at least 4 members (excludes halogenated alkanes) is 6. The third kappa shape index (κ3) is 8.09. The Morgan fingerprint density at radius 2 is 1.80 bits per heavy atom. The second kappa shape index (κ2) is 12.1. The Kier molecular flexibility index (Phi) is 10.6. The molecule has 0 spiro atoms. The summed E-state index contributed by atoms with van der Waals surface area (Å²) < 4.78 is 0. The lowest BCUT2D eigenvalue weighted by Crippen LogP contribution is -2.51. The van der Waals surface area contributed by atoms with E-state index in [4.69, 9.17) is 10.0 Å². The van der Waals surface area contributed by atoms with Crippen molar-refractivity contribution in [3.05, 3.63) is 0 Å². The quantitative estimate of drug-likeness (QED) is 0.386. The lowest BCUT2D eigenvalue weighted by Gasteiger charge is -2.29. The van der Waals surface area contributed by atoms with E-state index in [-0.39, 0.29) is 18.4 Å². The first kappa shape index (κ1) is 21.8. The van der Waals surface area contributed by atoms with Crippen LogP contribution in [0.25, 0.3) is 0 Å². The van der Waals surface area contributed by atoms with E-state index in [0.717, 1.165) is 19.3 Å². The number of urea groups is 1. The molecule has 0 radical (unpaired) electrons. The van der Waals surface area contributed by atoms with Gasteiger partial charge in [0.05, 0.1) is 6.44 Å². The number of nitrogens with zero attached hydrogens (tertiary/aromatic N) is 2. The monoisotopic (exact) mass is 355 g/mol. The highest BCUT2D eigenvalue weighted by Crippen LogP contribution is 2.19. The number of likely N-dealkylation sites (tertiary alicyclic amines) is 1. The summed E-state index contributed by atoms with van der Waals surface area (Å²) in [4.78, 5) is 28.0. The molecule has 7 nitrogen and oxygen atoms in total. The Morgan fingerprint density at radius 1 is 1.16 bits per heavy atom. The summed E-state index contributed by atoms with van der Waals surface area (Å²) in [6.45, 7) is 3.48. The maximum absolute atomic E-state index is 12.6. The van der Waals surface area contributed by atoms with Crippen LogP contribution >= 0.6 is 0 Å². The van der Waals surface area contributed by atoms with E-state index < -0.39 is 13.2 Å². The molecule has 144 valence electrons. The van der Waals surface area contributed by atoms with Gasteiger partial charge in [-0.05, 0) is 19.3 Å². The molecule has 1 rings (SSSR count). The fourth-order valence-electron chi connectivity index (χ4n) is 3.20. The molecule has 3 amide bonds. The molecular formula is C17H34BN3O4. The number of rotatable bonds is 11. The molecule has 0 saturated carbocycles. The molecule has 1 fully saturated rings. The fourth-order valence-corrected chi connectivity index (χ4v) is 3.20. The number of nitrogens with one attached hydrogen (secondary N) is 1. The van der Waals surface area contributed by atoms with E-state index in [1.807, 2.05) is 0 Å². The van der Waals surface area contributed by atoms with Crippen LogP contribution < -0.4 is 5.32 Å². The highest BCUT2D eigenvalue weighted by Gasteiger charge is 2.35. The van der Waals surface area contributed by atoms with Crippen LogP contribution in [0.2, 0.25) is 0 Å². The Labute approximate surface area is 151 Å². The maximum atomic E-state index is 12.6. The summed E-state index contributed by atoms with van der Waals surface area (Å²) in [5.41, 5.74) is 0.